The molecule has 0 fully saturated rings. The van der Waals surface area contributed by atoms with E-state index in [0.717, 1.165) is 17.9 Å². The minimum atomic E-state index is -0.941. The standard InChI is InChI=1S/C17H17N3O2S/c1-11(13-6-4-3-5-7-13)10-20-9-8-14(19-20)16-18-12(2)15(23-16)17(21)22/h3-9,11H,10H2,1-2H3,(H,21,22)/t11-/m1/s1. The molecule has 3 rings (SSSR count). The maximum absolute atomic E-state index is 11.1. The van der Waals surface area contributed by atoms with Crippen molar-refractivity contribution >= 4 is 17.3 Å². The number of aromatic nitrogens is 3. The Balaban J connectivity index is 1.78. The highest BCUT2D eigenvalue weighted by atomic mass is 32.1. The molecular formula is C17H17N3O2S. The summed E-state index contributed by atoms with van der Waals surface area (Å²) in [6, 6.07) is 12.2. The van der Waals surface area contributed by atoms with Crippen LogP contribution in [0.4, 0.5) is 0 Å². The number of benzene rings is 1. The van der Waals surface area contributed by atoms with Gasteiger partial charge in [0.25, 0.3) is 0 Å². The summed E-state index contributed by atoms with van der Waals surface area (Å²) in [7, 11) is 0. The van der Waals surface area contributed by atoms with Gasteiger partial charge in [0.2, 0.25) is 0 Å². The summed E-state index contributed by atoms with van der Waals surface area (Å²) in [4.78, 5) is 15.7. The van der Waals surface area contributed by atoms with Gasteiger partial charge in [0, 0.05) is 18.7 Å². The third-order valence-electron chi connectivity index (χ3n) is 3.68. The van der Waals surface area contributed by atoms with Crippen molar-refractivity contribution in [3.05, 3.63) is 58.7 Å². The van der Waals surface area contributed by atoms with E-state index >= 15 is 0 Å². The molecule has 0 saturated carbocycles. The fourth-order valence-corrected chi connectivity index (χ4v) is 3.32. The zero-order valence-electron chi connectivity index (χ0n) is 12.9. The lowest BCUT2D eigenvalue weighted by molar-refractivity contribution is 0.0701. The highest BCUT2D eigenvalue weighted by molar-refractivity contribution is 7.17. The fraction of sp³-hybridized carbons (Fsp3) is 0.235. The summed E-state index contributed by atoms with van der Waals surface area (Å²) in [6.45, 7) is 4.63. The smallest absolute Gasteiger partial charge is 0.347 e. The Labute approximate surface area is 138 Å². The van der Waals surface area contributed by atoms with Crippen molar-refractivity contribution in [3.8, 4) is 10.7 Å². The number of hydrogen-bond acceptors (Lipinski definition) is 4. The van der Waals surface area contributed by atoms with Crippen LogP contribution >= 0.6 is 11.3 Å². The van der Waals surface area contributed by atoms with Crippen molar-refractivity contribution in [3.63, 3.8) is 0 Å². The van der Waals surface area contributed by atoms with E-state index in [2.05, 4.69) is 29.1 Å². The lowest BCUT2D eigenvalue weighted by Crippen LogP contribution is -2.06. The molecule has 0 unspecified atom stereocenters. The SMILES string of the molecule is Cc1nc(-c2ccn(C[C@@H](C)c3ccccc3)n2)sc1C(=O)O. The maximum Gasteiger partial charge on any atom is 0.347 e. The second-order valence-electron chi connectivity index (χ2n) is 5.47. The lowest BCUT2D eigenvalue weighted by atomic mass is 10.0. The molecule has 0 aliphatic rings. The summed E-state index contributed by atoms with van der Waals surface area (Å²) in [5.41, 5.74) is 2.51. The van der Waals surface area contributed by atoms with Crippen molar-refractivity contribution in [2.45, 2.75) is 26.3 Å². The van der Waals surface area contributed by atoms with Gasteiger partial charge in [-0.3, -0.25) is 4.68 Å². The number of aromatic carboxylic acids is 1. The molecule has 0 aliphatic heterocycles. The number of carbonyl (C=O) groups is 1. The predicted molar refractivity (Wildman–Crippen MR) is 89.9 cm³/mol. The van der Waals surface area contributed by atoms with Crippen molar-refractivity contribution in [2.75, 3.05) is 0 Å². The van der Waals surface area contributed by atoms with Crippen LogP contribution in [0.3, 0.4) is 0 Å². The number of aryl methyl sites for hydroxylation is 1. The minimum absolute atomic E-state index is 0.271. The average Bonchev–Trinajstić information content (AvgIpc) is 3.14. The van der Waals surface area contributed by atoms with Crippen LogP contribution in [-0.2, 0) is 6.54 Å². The second kappa shape index (κ2) is 6.34. The van der Waals surface area contributed by atoms with Crippen molar-refractivity contribution in [1.29, 1.82) is 0 Å². The van der Waals surface area contributed by atoms with E-state index < -0.39 is 5.97 Å². The Morgan fingerprint density at radius 3 is 2.70 bits per heavy atom. The Hall–Kier alpha value is -2.47. The normalized spacial score (nSPS) is 12.3. The van der Waals surface area contributed by atoms with E-state index in [1.54, 1.807) is 6.92 Å². The Morgan fingerprint density at radius 2 is 2.04 bits per heavy atom. The van der Waals surface area contributed by atoms with Crippen LogP contribution in [0, 0.1) is 6.92 Å². The number of thiazole rings is 1. The van der Waals surface area contributed by atoms with Gasteiger partial charge in [-0.05, 0) is 18.6 Å². The van der Waals surface area contributed by atoms with Gasteiger partial charge >= 0.3 is 5.97 Å². The molecule has 1 atom stereocenters. The first-order chi connectivity index (χ1) is 11.0. The highest BCUT2D eigenvalue weighted by Gasteiger charge is 2.17. The Bertz CT molecular complexity index is 823. The summed E-state index contributed by atoms with van der Waals surface area (Å²) < 4.78 is 1.88. The molecule has 0 spiro atoms. The molecule has 1 aromatic carbocycles. The van der Waals surface area contributed by atoms with E-state index in [1.807, 2.05) is 35.1 Å². The molecule has 0 amide bonds. The summed E-state index contributed by atoms with van der Waals surface area (Å²) in [6.07, 6.45) is 1.91. The first kappa shape index (κ1) is 15.4. The number of nitrogens with zero attached hydrogens (tertiary/aromatic N) is 3. The summed E-state index contributed by atoms with van der Waals surface area (Å²) in [5.74, 6) is -0.597. The number of carboxylic acids is 1. The van der Waals surface area contributed by atoms with Crippen LogP contribution < -0.4 is 0 Å². The molecule has 3 aromatic rings. The molecular weight excluding hydrogens is 310 g/mol. The van der Waals surface area contributed by atoms with E-state index in [4.69, 9.17) is 5.11 Å². The summed E-state index contributed by atoms with van der Waals surface area (Å²) in [5, 5.41) is 14.3. The maximum atomic E-state index is 11.1. The van der Waals surface area contributed by atoms with Gasteiger partial charge in [0.1, 0.15) is 15.6 Å². The zero-order chi connectivity index (χ0) is 16.4. The highest BCUT2D eigenvalue weighted by Crippen LogP contribution is 2.27. The van der Waals surface area contributed by atoms with E-state index in [0.29, 0.717) is 22.3 Å². The van der Waals surface area contributed by atoms with Gasteiger partial charge in [-0.15, -0.1) is 11.3 Å². The molecule has 1 N–H and O–H groups in total. The van der Waals surface area contributed by atoms with E-state index in [-0.39, 0.29) is 4.88 Å². The molecule has 0 aliphatic carbocycles. The van der Waals surface area contributed by atoms with Crippen LogP contribution in [-0.4, -0.2) is 25.8 Å². The molecule has 5 nitrogen and oxygen atoms in total. The minimum Gasteiger partial charge on any atom is -0.477 e. The van der Waals surface area contributed by atoms with Gasteiger partial charge < -0.3 is 5.11 Å². The molecule has 2 aromatic heterocycles. The zero-order valence-corrected chi connectivity index (χ0v) is 13.7. The van der Waals surface area contributed by atoms with E-state index in [9.17, 15) is 4.79 Å². The quantitative estimate of drug-likeness (QED) is 0.773. The topological polar surface area (TPSA) is 68.0 Å². The van der Waals surface area contributed by atoms with E-state index in [1.165, 1.54) is 5.56 Å². The number of hydrogen-bond donors (Lipinski definition) is 1. The third-order valence-corrected chi connectivity index (χ3v) is 4.85. The Morgan fingerprint density at radius 1 is 1.30 bits per heavy atom. The molecule has 2 heterocycles. The molecule has 0 radical (unpaired) electrons. The van der Waals surface area contributed by atoms with Gasteiger partial charge in [0.15, 0.2) is 0 Å². The first-order valence-electron chi connectivity index (χ1n) is 7.34. The molecule has 23 heavy (non-hydrogen) atoms. The second-order valence-corrected chi connectivity index (χ2v) is 6.47. The van der Waals surface area contributed by atoms with Gasteiger partial charge in [-0.1, -0.05) is 37.3 Å². The van der Waals surface area contributed by atoms with Crippen molar-refractivity contribution in [1.82, 2.24) is 14.8 Å². The fourth-order valence-electron chi connectivity index (χ4n) is 2.45. The van der Waals surface area contributed by atoms with Gasteiger partial charge in [-0.2, -0.15) is 5.10 Å². The molecule has 6 heteroatoms. The van der Waals surface area contributed by atoms with Crippen molar-refractivity contribution < 1.29 is 9.90 Å². The lowest BCUT2D eigenvalue weighted by Gasteiger charge is -2.11. The predicted octanol–water partition coefficient (Wildman–Crippen LogP) is 3.82. The van der Waals surface area contributed by atoms with Gasteiger partial charge in [0.05, 0.1) is 5.69 Å². The molecule has 118 valence electrons. The Kier molecular flexibility index (Phi) is 4.25. The largest absolute Gasteiger partial charge is 0.477 e. The number of carboxylic acid groups (broad SMARTS) is 1. The van der Waals surface area contributed by atoms with Gasteiger partial charge in [-0.25, -0.2) is 9.78 Å². The molecule has 0 saturated heterocycles. The average molecular weight is 327 g/mol. The van der Waals surface area contributed by atoms with Crippen LogP contribution in [0.25, 0.3) is 10.7 Å². The third kappa shape index (κ3) is 3.32. The van der Waals surface area contributed by atoms with Crippen LogP contribution in [0.1, 0.15) is 33.8 Å². The summed E-state index contributed by atoms with van der Waals surface area (Å²) >= 11 is 1.16. The first-order valence-corrected chi connectivity index (χ1v) is 8.15. The monoisotopic (exact) mass is 327 g/mol. The van der Waals surface area contributed by atoms with Crippen molar-refractivity contribution in [2.24, 2.45) is 0 Å². The molecule has 0 bridgehead atoms. The van der Waals surface area contributed by atoms with Crippen LogP contribution in [0.5, 0.6) is 0 Å². The van der Waals surface area contributed by atoms with Crippen LogP contribution in [0.2, 0.25) is 0 Å². The van der Waals surface area contributed by atoms with Crippen LogP contribution in [0.15, 0.2) is 42.6 Å². The number of rotatable bonds is 5.